The highest BCUT2D eigenvalue weighted by molar-refractivity contribution is 6.15. The van der Waals surface area contributed by atoms with Gasteiger partial charge in [0.05, 0.1) is 24.1 Å². The van der Waals surface area contributed by atoms with Gasteiger partial charge in [-0.1, -0.05) is 183 Å². The number of aromatic nitrogens is 1. The number of benzene rings is 7. The first-order valence-corrected chi connectivity index (χ1v) is 21.0. The minimum atomic E-state index is -0.223. The number of hydrogen-bond acceptors (Lipinski definition) is 2. The van der Waals surface area contributed by atoms with E-state index < -0.39 is 0 Å². The number of aliphatic imine (C=N–C) groups is 1. The van der Waals surface area contributed by atoms with Gasteiger partial charge in [0, 0.05) is 34.5 Å². The monoisotopic (exact) mass is 764 g/mol. The third kappa shape index (κ3) is 6.06. The van der Waals surface area contributed by atoms with Crippen molar-refractivity contribution in [2.75, 3.05) is 13.2 Å². The van der Waals surface area contributed by atoms with Crippen molar-refractivity contribution in [1.82, 2.24) is 15.2 Å². The Kier molecular flexibility index (Phi) is 9.64. The Morgan fingerprint density at radius 1 is 0.644 bits per heavy atom. The van der Waals surface area contributed by atoms with Gasteiger partial charge in [0.2, 0.25) is 0 Å². The molecule has 0 radical (unpaired) electrons. The summed E-state index contributed by atoms with van der Waals surface area (Å²) < 4.78 is 2.41. The number of nitrogens with one attached hydrogen (secondary N) is 2. The van der Waals surface area contributed by atoms with Crippen molar-refractivity contribution in [2.24, 2.45) is 12.0 Å². The molecule has 1 spiro atoms. The third-order valence-corrected chi connectivity index (χ3v) is 12.5. The van der Waals surface area contributed by atoms with Crippen LogP contribution in [0.3, 0.4) is 0 Å². The minimum absolute atomic E-state index is 0.223. The lowest BCUT2D eigenvalue weighted by atomic mass is 9.69. The molecule has 1 atom stereocenters. The van der Waals surface area contributed by atoms with E-state index in [1.165, 1.54) is 83.0 Å². The lowest BCUT2D eigenvalue weighted by Gasteiger charge is -2.32. The quantitative estimate of drug-likeness (QED) is 0.0734. The zero-order chi connectivity index (χ0) is 39.8. The first kappa shape index (κ1) is 36.6. The van der Waals surface area contributed by atoms with E-state index in [2.05, 4.69) is 187 Å². The SMILES string of the molecule is CCNCNC(=NCc1ccccc1-c1ccccc1)c1ccccc1.Cn1c2ccccc2c2ccc3c(c21)-c1ccccc1C31C2=C(CCC=C2)c2ccccc21. The number of fused-ring (bicyclic) bond motifs is 13. The summed E-state index contributed by atoms with van der Waals surface area (Å²) in [5.41, 5.74) is 18.8. The zero-order valence-electron chi connectivity index (χ0n) is 33.8. The first-order chi connectivity index (χ1) is 29.2. The van der Waals surface area contributed by atoms with Crippen LogP contribution in [0, 0.1) is 0 Å². The molecule has 8 aromatic rings. The maximum absolute atomic E-state index is 4.89. The molecule has 0 saturated heterocycles. The van der Waals surface area contributed by atoms with Crippen LogP contribution < -0.4 is 10.6 Å². The fourth-order valence-electron chi connectivity index (χ4n) is 9.96. The summed E-state index contributed by atoms with van der Waals surface area (Å²) in [6, 6.07) is 61.1. The predicted octanol–water partition coefficient (Wildman–Crippen LogP) is 12.2. The minimum Gasteiger partial charge on any atom is -0.357 e. The Hall–Kier alpha value is -6.75. The Bertz CT molecular complexity index is 2930. The molecule has 0 saturated carbocycles. The molecule has 4 heteroatoms. The molecule has 3 aliphatic rings. The van der Waals surface area contributed by atoms with Crippen LogP contribution in [0.1, 0.15) is 53.1 Å². The lowest BCUT2D eigenvalue weighted by Crippen LogP contribution is -2.34. The zero-order valence-corrected chi connectivity index (χ0v) is 33.8. The summed E-state index contributed by atoms with van der Waals surface area (Å²) in [6.07, 6.45) is 7.05. The van der Waals surface area contributed by atoms with E-state index in [9.17, 15) is 0 Å². The fraction of sp³-hybridized carbons (Fsp3) is 0.145. The van der Waals surface area contributed by atoms with Crippen molar-refractivity contribution in [1.29, 1.82) is 0 Å². The second-order valence-corrected chi connectivity index (χ2v) is 15.6. The van der Waals surface area contributed by atoms with Crippen LogP contribution >= 0.6 is 0 Å². The van der Waals surface area contributed by atoms with Gasteiger partial charge >= 0.3 is 0 Å². The Balaban J connectivity index is 0.000000148. The molecule has 0 amide bonds. The highest BCUT2D eigenvalue weighted by Crippen LogP contribution is 2.64. The van der Waals surface area contributed by atoms with E-state index >= 15 is 0 Å². The number of aryl methyl sites for hydroxylation is 1. The molecule has 7 aromatic carbocycles. The van der Waals surface area contributed by atoms with Gasteiger partial charge in [0.1, 0.15) is 5.84 Å². The van der Waals surface area contributed by atoms with Gasteiger partial charge in [-0.25, -0.2) is 0 Å². The highest BCUT2D eigenvalue weighted by atomic mass is 15.1. The molecule has 1 heterocycles. The molecule has 11 rings (SSSR count). The second-order valence-electron chi connectivity index (χ2n) is 15.6. The number of hydrogen-bond donors (Lipinski definition) is 2. The molecule has 0 aliphatic heterocycles. The maximum atomic E-state index is 4.89. The van der Waals surface area contributed by atoms with E-state index in [-0.39, 0.29) is 5.41 Å². The standard InChI is InChI=1S/C32H23N.C23H25N3/c1-33-29-17-9-5-12-22(29)23-18-19-28-30(31(23)33)24-13-4-8-16-27(24)32(28)25-14-6-2-10-20(25)21-11-3-7-15-26(21)32;1-2-24-18-26-23(20-13-7-4-8-14-20)25-17-21-15-9-10-16-22(21)19-11-5-3-6-12-19/h2,4-10,12-19H,3,11H2,1H3;3-16,24H,2,17-18H2,1H3,(H,25,26). The summed E-state index contributed by atoms with van der Waals surface area (Å²) in [5, 5.41) is 9.38. The summed E-state index contributed by atoms with van der Waals surface area (Å²) in [4.78, 5) is 4.89. The van der Waals surface area contributed by atoms with Crippen molar-refractivity contribution in [3.63, 3.8) is 0 Å². The van der Waals surface area contributed by atoms with Gasteiger partial charge in [-0.3, -0.25) is 4.99 Å². The second kappa shape index (κ2) is 15.5. The summed E-state index contributed by atoms with van der Waals surface area (Å²) in [6.45, 7) is 4.35. The van der Waals surface area contributed by atoms with Crippen LogP contribution in [-0.4, -0.2) is 23.6 Å². The number of amidine groups is 1. The van der Waals surface area contributed by atoms with Crippen LogP contribution in [0.5, 0.6) is 0 Å². The molecule has 3 aliphatic carbocycles. The lowest BCUT2D eigenvalue weighted by molar-refractivity contribution is 0.692. The van der Waals surface area contributed by atoms with E-state index in [4.69, 9.17) is 4.99 Å². The molecule has 1 aromatic heterocycles. The van der Waals surface area contributed by atoms with E-state index in [0.717, 1.165) is 30.8 Å². The smallest absolute Gasteiger partial charge is 0.129 e. The highest BCUT2D eigenvalue weighted by Gasteiger charge is 2.52. The fourth-order valence-corrected chi connectivity index (χ4v) is 9.96. The van der Waals surface area contributed by atoms with Crippen LogP contribution in [0.15, 0.2) is 193 Å². The normalized spacial score (nSPS) is 16.1. The molecule has 288 valence electrons. The summed E-state index contributed by atoms with van der Waals surface area (Å²) in [7, 11) is 2.23. The van der Waals surface area contributed by atoms with Gasteiger partial charge in [-0.15, -0.1) is 0 Å². The van der Waals surface area contributed by atoms with Gasteiger partial charge in [0.25, 0.3) is 0 Å². The predicted molar refractivity (Wildman–Crippen MR) is 248 cm³/mol. The third-order valence-electron chi connectivity index (χ3n) is 12.5. The average Bonchev–Trinajstić information content (AvgIpc) is 3.89. The Morgan fingerprint density at radius 3 is 2.10 bits per heavy atom. The van der Waals surface area contributed by atoms with Crippen LogP contribution in [0.4, 0.5) is 0 Å². The van der Waals surface area contributed by atoms with Crippen molar-refractivity contribution < 1.29 is 0 Å². The Labute approximate surface area is 347 Å². The number of nitrogens with zero attached hydrogens (tertiary/aromatic N) is 2. The molecule has 2 N–H and O–H groups in total. The molecule has 59 heavy (non-hydrogen) atoms. The molecule has 4 nitrogen and oxygen atoms in total. The Morgan fingerprint density at radius 2 is 1.31 bits per heavy atom. The summed E-state index contributed by atoms with van der Waals surface area (Å²) in [5.74, 6) is 0.911. The van der Waals surface area contributed by atoms with Crippen molar-refractivity contribution in [3.05, 3.63) is 221 Å². The first-order valence-electron chi connectivity index (χ1n) is 21.0. The van der Waals surface area contributed by atoms with Crippen molar-refractivity contribution in [3.8, 4) is 22.3 Å². The van der Waals surface area contributed by atoms with E-state index in [0.29, 0.717) is 13.2 Å². The van der Waals surface area contributed by atoms with Gasteiger partial charge in [-0.05, 0) is 81.1 Å². The van der Waals surface area contributed by atoms with Gasteiger partial charge in [-0.2, -0.15) is 0 Å². The molecular formula is C55H48N4. The van der Waals surface area contributed by atoms with Crippen LogP contribution in [0.25, 0.3) is 49.6 Å². The topological polar surface area (TPSA) is 41.4 Å². The average molecular weight is 765 g/mol. The molecule has 0 bridgehead atoms. The van der Waals surface area contributed by atoms with Gasteiger partial charge < -0.3 is 15.2 Å². The number of para-hydroxylation sites is 1. The number of rotatable bonds is 7. The van der Waals surface area contributed by atoms with Crippen molar-refractivity contribution >= 4 is 33.2 Å². The van der Waals surface area contributed by atoms with Crippen LogP contribution in [-0.2, 0) is 19.0 Å². The van der Waals surface area contributed by atoms with E-state index in [1.807, 2.05) is 24.3 Å². The number of allylic oxidation sites excluding steroid dienone is 4. The van der Waals surface area contributed by atoms with Crippen LogP contribution in [0.2, 0.25) is 0 Å². The summed E-state index contributed by atoms with van der Waals surface area (Å²) >= 11 is 0. The van der Waals surface area contributed by atoms with E-state index in [1.54, 1.807) is 0 Å². The molecular weight excluding hydrogens is 717 g/mol. The largest absolute Gasteiger partial charge is 0.357 e. The van der Waals surface area contributed by atoms with Crippen molar-refractivity contribution in [2.45, 2.75) is 31.7 Å². The van der Waals surface area contributed by atoms with Gasteiger partial charge in [0.15, 0.2) is 0 Å². The maximum Gasteiger partial charge on any atom is 0.129 e. The molecule has 1 unspecified atom stereocenters. The molecule has 0 fully saturated rings.